The molecule has 0 amide bonds. The van der Waals surface area contributed by atoms with Crippen LogP contribution in [0.2, 0.25) is 0 Å². The fraction of sp³-hybridized carbons (Fsp3) is 1.00. The minimum absolute atomic E-state index is 0.00713. The summed E-state index contributed by atoms with van der Waals surface area (Å²) in [6.07, 6.45) is 1.93. The van der Waals surface area contributed by atoms with Gasteiger partial charge < -0.3 is 5.73 Å². The van der Waals surface area contributed by atoms with Crippen LogP contribution in [0.3, 0.4) is 0 Å². The molecule has 2 aliphatic carbocycles. The van der Waals surface area contributed by atoms with E-state index in [-0.39, 0.29) is 11.3 Å². The molecule has 3 nitrogen and oxygen atoms in total. The lowest BCUT2D eigenvalue weighted by atomic mass is 9.87. The number of fused-ring (bicyclic) bond motifs is 1. The van der Waals surface area contributed by atoms with Crippen LogP contribution >= 0.6 is 0 Å². The van der Waals surface area contributed by atoms with Gasteiger partial charge in [-0.2, -0.15) is 0 Å². The second-order valence-electron chi connectivity index (χ2n) is 4.50. The van der Waals surface area contributed by atoms with Crippen LogP contribution in [0.1, 0.15) is 12.8 Å². The van der Waals surface area contributed by atoms with Crippen molar-refractivity contribution in [3.8, 4) is 0 Å². The third-order valence-electron chi connectivity index (χ3n) is 4.06. The minimum atomic E-state index is -2.74. The molecule has 3 rings (SSSR count). The van der Waals surface area contributed by atoms with Gasteiger partial charge in [-0.05, 0) is 30.6 Å². The number of hydrogen-bond donors (Lipinski definition) is 1. The number of sulfone groups is 1. The molecule has 1 saturated heterocycles. The van der Waals surface area contributed by atoms with Crippen LogP contribution in [0.5, 0.6) is 0 Å². The third-order valence-corrected chi connectivity index (χ3v) is 6.38. The van der Waals surface area contributed by atoms with Crippen molar-refractivity contribution in [2.45, 2.75) is 24.1 Å². The van der Waals surface area contributed by atoms with Crippen molar-refractivity contribution >= 4 is 9.84 Å². The molecule has 2 N–H and O–H groups in total. The Morgan fingerprint density at radius 1 is 1.17 bits per heavy atom. The SMILES string of the molecule is NC1C2CC3C1CS(=O)(=O)C3C2. The second-order valence-corrected chi connectivity index (χ2v) is 6.77. The molecular weight excluding hydrogens is 174 g/mol. The van der Waals surface area contributed by atoms with Crippen molar-refractivity contribution in [3.05, 3.63) is 0 Å². The Labute approximate surface area is 72.2 Å². The molecule has 0 radical (unpaired) electrons. The van der Waals surface area contributed by atoms with Crippen LogP contribution in [0.25, 0.3) is 0 Å². The summed E-state index contributed by atoms with van der Waals surface area (Å²) >= 11 is 0. The van der Waals surface area contributed by atoms with E-state index in [0.29, 0.717) is 23.5 Å². The monoisotopic (exact) mass is 187 g/mol. The predicted octanol–water partition coefficient (Wildman–Crippen LogP) is -0.233. The highest BCUT2D eigenvalue weighted by Crippen LogP contribution is 2.55. The zero-order chi connectivity index (χ0) is 8.51. The van der Waals surface area contributed by atoms with Crippen molar-refractivity contribution in [2.24, 2.45) is 23.5 Å². The number of rotatable bonds is 0. The summed E-state index contributed by atoms with van der Waals surface area (Å²) < 4.78 is 23.1. The van der Waals surface area contributed by atoms with Gasteiger partial charge in [0, 0.05) is 6.04 Å². The van der Waals surface area contributed by atoms with Gasteiger partial charge in [0.25, 0.3) is 0 Å². The van der Waals surface area contributed by atoms with Crippen LogP contribution < -0.4 is 5.73 Å². The molecule has 0 aromatic heterocycles. The average molecular weight is 187 g/mol. The molecule has 5 atom stereocenters. The first-order valence-corrected chi connectivity index (χ1v) is 6.28. The lowest BCUT2D eigenvalue weighted by Gasteiger charge is -2.22. The molecule has 0 spiro atoms. The van der Waals surface area contributed by atoms with Gasteiger partial charge in [-0.1, -0.05) is 0 Å². The normalized spacial score (nSPS) is 59.6. The number of nitrogens with two attached hydrogens (primary N) is 1. The molecule has 68 valence electrons. The van der Waals surface area contributed by atoms with Crippen LogP contribution in [-0.2, 0) is 9.84 Å². The molecule has 1 aliphatic heterocycles. The van der Waals surface area contributed by atoms with Crippen LogP contribution in [-0.4, -0.2) is 25.5 Å². The summed E-state index contributed by atoms with van der Waals surface area (Å²) in [5.41, 5.74) is 5.96. The van der Waals surface area contributed by atoms with Crippen molar-refractivity contribution in [2.75, 3.05) is 5.75 Å². The van der Waals surface area contributed by atoms with Crippen LogP contribution in [0, 0.1) is 17.8 Å². The summed E-state index contributed by atoms with van der Waals surface area (Å²) in [5.74, 6) is 1.62. The molecule has 0 aromatic carbocycles. The van der Waals surface area contributed by atoms with E-state index in [1.165, 1.54) is 0 Å². The fourth-order valence-corrected chi connectivity index (χ4v) is 6.15. The molecule has 4 heteroatoms. The first kappa shape index (κ1) is 7.33. The highest BCUT2D eigenvalue weighted by Gasteiger charge is 2.61. The predicted molar refractivity (Wildman–Crippen MR) is 45.3 cm³/mol. The van der Waals surface area contributed by atoms with Crippen molar-refractivity contribution in [3.63, 3.8) is 0 Å². The van der Waals surface area contributed by atoms with Crippen LogP contribution in [0.15, 0.2) is 0 Å². The Morgan fingerprint density at radius 2 is 1.92 bits per heavy atom. The standard InChI is InChI=1S/C8H13NO2S/c9-8-4-1-5-6(8)3-12(10,11)7(5)2-4/h4-8H,1-3,9H2. The quantitative estimate of drug-likeness (QED) is 0.569. The smallest absolute Gasteiger partial charge is 0.153 e. The van der Waals surface area contributed by atoms with E-state index >= 15 is 0 Å². The van der Waals surface area contributed by atoms with Crippen molar-refractivity contribution in [1.82, 2.24) is 0 Å². The van der Waals surface area contributed by atoms with Crippen LogP contribution in [0.4, 0.5) is 0 Å². The van der Waals surface area contributed by atoms with E-state index in [4.69, 9.17) is 5.73 Å². The largest absolute Gasteiger partial charge is 0.327 e. The van der Waals surface area contributed by atoms with E-state index in [0.717, 1.165) is 12.8 Å². The van der Waals surface area contributed by atoms with E-state index in [2.05, 4.69) is 0 Å². The van der Waals surface area contributed by atoms with E-state index in [9.17, 15) is 8.42 Å². The Morgan fingerprint density at radius 3 is 2.50 bits per heavy atom. The van der Waals surface area contributed by atoms with Crippen molar-refractivity contribution < 1.29 is 8.42 Å². The lowest BCUT2D eigenvalue weighted by Crippen LogP contribution is -2.36. The first-order valence-electron chi connectivity index (χ1n) is 4.57. The molecular formula is C8H13NO2S. The summed E-state index contributed by atoms with van der Waals surface area (Å²) in [4.78, 5) is 0. The number of hydrogen-bond acceptors (Lipinski definition) is 3. The van der Waals surface area contributed by atoms with E-state index in [1.807, 2.05) is 0 Å². The molecule has 2 saturated carbocycles. The van der Waals surface area contributed by atoms with Gasteiger partial charge in [0.05, 0.1) is 11.0 Å². The third kappa shape index (κ3) is 0.646. The minimum Gasteiger partial charge on any atom is -0.327 e. The molecule has 2 bridgehead atoms. The zero-order valence-corrected chi connectivity index (χ0v) is 7.63. The fourth-order valence-electron chi connectivity index (χ4n) is 3.51. The summed E-state index contributed by atoms with van der Waals surface area (Å²) in [6, 6.07) is 0.184. The molecule has 0 aromatic rings. The lowest BCUT2D eigenvalue weighted by molar-refractivity contribution is 0.342. The molecule has 5 unspecified atom stereocenters. The summed E-state index contributed by atoms with van der Waals surface area (Å²) in [7, 11) is -2.74. The van der Waals surface area contributed by atoms with Gasteiger partial charge >= 0.3 is 0 Å². The highest BCUT2D eigenvalue weighted by molar-refractivity contribution is 7.92. The average Bonchev–Trinajstić information content (AvgIpc) is 2.54. The van der Waals surface area contributed by atoms with Gasteiger partial charge in [-0.25, -0.2) is 8.42 Å². The molecule has 12 heavy (non-hydrogen) atoms. The Hall–Kier alpha value is -0.0900. The maximum Gasteiger partial charge on any atom is 0.153 e. The van der Waals surface area contributed by atoms with Crippen molar-refractivity contribution in [1.29, 1.82) is 0 Å². The van der Waals surface area contributed by atoms with Gasteiger partial charge in [-0.3, -0.25) is 0 Å². The highest BCUT2D eigenvalue weighted by atomic mass is 32.2. The second kappa shape index (κ2) is 1.87. The van der Waals surface area contributed by atoms with E-state index in [1.54, 1.807) is 0 Å². The molecule has 3 aliphatic rings. The molecule has 1 heterocycles. The molecule has 3 fully saturated rings. The maximum absolute atomic E-state index is 11.6. The topological polar surface area (TPSA) is 60.2 Å². The Balaban J connectivity index is 2.11. The summed E-state index contributed by atoms with van der Waals surface area (Å²) in [6.45, 7) is 0. The van der Waals surface area contributed by atoms with Gasteiger partial charge in [-0.15, -0.1) is 0 Å². The van der Waals surface area contributed by atoms with Gasteiger partial charge in [0.1, 0.15) is 0 Å². The zero-order valence-electron chi connectivity index (χ0n) is 6.81. The van der Waals surface area contributed by atoms with Gasteiger partial charge in [0.2, 0.25) is 0 Å². The first-order chi connectivity index (χ1) is 5.59. The van der Waals surface area contributed by atoms with Gasteiger partial charge in [0.15, 0.2) is 9.84 Å². The summed E-state index contributed by atoms with van der Waals surface area (Å²) in [5, 5.41) is -0.00713. The van der Waals surface area contributed by atoms with E-state index < -0.39 is 9.84 Å². The maximum atomic E-state index is 11.6. The Bertz CT molecular complexity index is 324. The Kier molecular flexibility index (Phi) is 1.14.